The first-order valence-electron chi connectivity index (χ1n) is 7.35. The zero-order chi connectivity index (χ0) is 12.4. The summed E-state index contributed by atoms with van der Waals surface area (Å²) >= 11 is 0. The molecule has 2 aliphatic rings. The number of likely N-dealkylation sites (tertiary alicyclic amines) is 1. The number of fused-ring (bicyclic) bond motifs is 1. The molecule has 1 N–H and O–H groups in total. The van der Waals surface area contributed by atoms with Crippen molar-refractivity contribution in [2.24, 2.45) is 5.92 Å². The van der Waals surface area contributed by atoms with Crippen molar-refractivity contribution >= 4 is 5.69 Å². The lowest BCUT2D eigenvalue weighted by atomic mass is 9.98. The highest BCUT2D eigenvalue weighted by Gasteiger charge is 2.17. The van der Waals surface area contributed by atoms with E-state index >= 15 is 0 Å². The molecule has 1 aromatic carbocycles. The lowest BCUT2D eigenvalue weighted by Crippen LogP contribution is -2.35. The fraction of sp³-hybridized carbons (Fsp3) is 0.625. The summed E-state index contributed by atoms with van der Waals surface area (Å²) in [5, 5.41) is 3.64. The van der Waals surface area contributed by atoms with E-state index in [0.29, 0.717) is 0 Å². The molecule has 1 heterocycles. The molecule has 1 fully saturated rings. The summed E-state index contributed by atoms with van der Waals surface area (Å²) in [7, 11) is 2.24. The van der Waals surface area contributed by atoms with Gasteiger partial charge in [-0.2, -0.15) is 0 Å². The van der Waals surface area contributed by atoms with Crippen LogP contribution in [0.3, 0.4) is 0 Å². The van der Waals surface area contributed by atoms with E-state index in [1.54, 1.807) is 11.1 Å². The number of hydrogen-bond acceptors (Lipinski definition) is 2. The molecule has 0 bridgehead atoms. The second-order valence-electron chi connectivity index (χ2n) is 5.99. The predicted molar refractivity (Wildman–Crippen MR) is 77.2 cm³/mol. The Kier molecular flexibility index (Phi) is 3.55. The van der Waals surface area contributed by atoms with E-state index in [2.05, 4.69) is 35.5 Å². The second-order valence-corrected chi connectivity index (χ2v) is 5.99. The van der Waals surface area contributed by atoms with Crippen molar-refractivity contribution in [1.82, 2.24) is 4.90 Å². The Labute approximate surface area is 110 Å². The fourth-order valence-electron chi connectivity index (χ4n) is 3.38. The molecule has 1 atom stereocenters. The van der Waals surface area contributed by atoms with Crippen LogP contribution < -0.4 is 5.32 Å². The first-order valence-corrected chi connectivity index (χ1v) is 7.35. The van der Waals surface area contributed by atoms with E-state index in [1.165, 1.54) is 50.9 Å². The molecule has 1 aromatic rings. The minimum atomic E-state index is 0.817. The van der Waals surface area contributed by atoms with E-state index in [0.717, 1.165) is 12.5 Å². The van der Waals surface area contributed by atoms with Crippen LogP contribution in [0.4, 0.5) is 5.69 Å². The van der Waals surface area contributed by atoms with Crippen molar-refractivity contribution in [3.8, 4) is 0 Å². The number of benzene rings is 1. The van der Waals surface area contributed by atoms with Crippen LogP contribution in [0.15, 0.2) is 18.2 Å². The first kappa shape index (κ1) is 12.0. The Balaban J connectivity index is 1.56. The van der Waals surface area contributed by atoms with Gasteiger partial charge in [-0.15, -0.1) is 0 Å². The molecule has 1 aliphatic carbocycles. The van der Waals surface area contributed by atoms with Gasteiger partial charge in [0.1, 0.15) is 0 Å². The molecule has 0 radical (unpaired) electrons. The zero-order valence-electron chi connectivity index (χ0n) is 11.4. The van der Waals surface area contributed by atoms with Crippen LogP contribution in [0.1, 0.15) is 30.4 Å². The first-order chi connectivity index (χ1) is 8.81. The molecule has 0 saturated carbocycles. The largest absolute Gasteiger partial charge is 0.385 e. The summed E-state index contributed by atoms with van der Waals surface area (Å²) in [5.74, 6) is 0.817. The van der Waals surface area contributed by atoms with Crippen LogP contribution in [0.5, 0.6) is 0 Å². The van der Waals surface area contributed by atoms with Gasteiger partial charge in [-0.1, -0.05) is 6.07 Å². The SMILES string of the molecule is CN1CCCC(CNc2ccc3c(c2)CCC3)C1. The van der Waals surface area contributed by atoms with E-state index in [1.807, 2.05) is 0 Å². The molecule has 3 rings (SSSR count). The van der Waals surface area contributed by atoms with Crippen LogP contribution in [-0.2, 0) is 12.8 Å². The number of anilines is 1. The fourth-order valence-corrected chi connectivity index (χ4v) is 3.38. The highest BCUT2D eigenvalue weighted by Crippen LogP contribution is 2.25. The number of rotatable bonds is 3. The maximum atomic E-state index is 3.64. The lowest BCUT2D eigenvalue weighted by molar-refractivity contribution is 0.217. The van der Waals surface area contributed by atoms with Crippen LogP contribution in [-0.4, -0.2) is 31.6 Å². The number of aryl methyl sites for hydroxylation is 2. The summed E-state index contributed by atoms with van der Waals surface area (Å²) in [5.41, 5.74) is 4.46. The van der Waals surface area contributed by atoms with Gasteiger partial charge in [-0.05, 0) is 74.9 Å². The van der Waals surface area contributed by atoms with Crippen molar-refractivity contribution in [2.45, 2.75) is 32.1 Å². The van der Waals surface area contributed by atoms with Crippen molar-refractivity contribution in [2.75, 3.05) is 32.0 Å². The highest BCUT2D eigenvalue weighted by atomic mass is 15.1. The minimum Gasteiger partial charge on any atom is -0.385 e. The van der Waals surface area contributed by atoms with Crippen LogP contribution in [0.25, 0.3) is 0 Å². The van der Waals surface area contributed by atoms with Crippen molar-refractivity contribution < 1.29 is 0 Å². The number of piperidine rings is 1. The van der Waals surface area contributed by atoms with Gasteiger partial charge in [0.2, 0.25) is 0 Å². The molecule has 1 saturated heterocycles. The third kappa shape index (κ3) is 2.69. The number of nitrogens with one attached hydrogen (secondary N) is 1. The molecule has 0 aromatic heterocycles. The van der Waals surface area contributed by atoms with Gasteiger partial charge in [0.15, 0.2) is 0 Å². The van der Waals surface area contributed by atoms with Crippen molar-refractivity contribution in [3.63, 3.8) is 0 Å². The Morgan fingerprint density at radius 3 is 3.00 bits per heavy atom. The van der Waals surface area contributed by atoms with E-state index in [4.69, 9.17) is 0 Å². The van der Waals surface area contributed by atoms with Crippen molar-refractivity contribution in [3.05, 3.63) is 29.3 Å². The van der Waals surface area contributed by atoms with Crippen LogP contribution in [0.2, 0.25) is 0 Å². The smallest absolute Gasteiger partial charge is 0.0343 e. The van der Waals surface area contributed by atoms with Gasteiger partial charge in [0, 0.05) is 18.8 Å². The average molecular weight is 244 g/mol. The van der Waals surface area contributed by atoms with E-state index in [-0.39, 0.29) is 0 Å². The molecule has 2 heteroatoms. The monoisotopic (exact) mass is 244 g/mol. The normalized spacial score (nSPS) is 23.9. The summed E-state index contributed by atoms with van der Waals surface area (Å²) in [4.78, 5) is 2.46. The van der Waals surface area contributed by atoms with Gasteiger partial charge in [-0.25, -0.2) is 0 Å². The molecule has 98 valence electrons. The summed E-state index contributed by atoms with van der Waals surface area (Å²) in [6.07, 6.45) is 6.63. The number of nitrogens with zero attached hydrogens (tertiary/aromatic N) is 1. The number of hydrogen-bond donors (Lipinski definition) is 1. The van der Waals surface area contributed by atoms with Crippen LogP contribution >= 0.6 is 0 Å². The third-order valence-electron chi connectivity index (χ3n) is 4.42. The molecule has 2 nitrogen and oxygen atoms in total. The predicted octanol–water partition coefficient (Wildman–Crippen LogP) is 2.93. The van der Waals surface area contributed by atoms with Gasteiger partial charge in [0.05, 0.1) is 0 Å². The Hall–Kier alpha value is -1.02. The quantitative estimate of drug-likeness (QED) is 0.879. The Morgan fingerprint density at radius 2 is 2.11 bits per heavy atom. The standard InChI is InChI=1S/C16H24N2/c1-18-9-3-4-13(12-18)11-17-16-8-7-14-5-2-6-15(14)10-16/h7-8,10,13,17H,2-6,9,11-12H2,1H3. The average Bonchev–Trinajstić information content (AvgIpc) is 2.84. The second kappa shape index (κ2) is 5.31. The zero-order valence-corrected chi connectivity index (χ0v) is 11.4. The van der Waals surface area contributed by atoms with Crippen LogP contribution in [0, 0.1) is 5.92 Å². The summed E-state index contributed by atoms with van der Waals surface area (Å²) < 4.78 is 0. The maximum absolute atomic E-state index is 3.64. The molecule has 0 amide bonds. The molecule has 0 spiro atoms. The lowest BCUT2D eigenvalue weighted by Gasteiger charge is -2.30. The maximum Gasteiger partial charge on any atom is 0.0343 e. The molecule has 18 heavy (non-hydrogen) atoms. The van der Waals surface area contributed by atoms with Gasteiger partial charge < -0.3 is 10.2 Å². The molecule has 1 aliphatic heterocycles. The van der Waals surface area contributed by atoms with Crippen molar-refractivity contribution in [1.29, 1.82) is 0 Å². The van der Waals surface area contributed by atoms with E-state index < -0.39 is 0 Å². The summed E-state index contributed by atoms with van der Waals surface area (Å²) in [6.45, 7) is 3.65. The van der Waals surface area contributed by atoms with E-state index in [9.17, 15) is 0 Å². The minimum absolute atomic E-state index is 0.817. The van der Waals surface area contributed by atoms with Gasteiger partial charge in [0.25, 0.3) is 0 Å². The molecule has 1 unspecified atom stereocenters. The third-order valence-corrected chi connectivity index (χ3v) is 4.42. The molecular formula is C16H24N2. The molecular weight excluding hydrogens is 220 g/mol. The van der Waals surface area contributed by atoms with Gasteiger partial charge >= 0.3 is 0 Å². The summed E-state index contributed by atoms with van der Waals surface area (Å²) in [6, 6.07) is 6.95. The van der Waals surface area contributed by atoms with Gasteiger partial charge in [-0.3, -0.25) is 0 Å². The topological polar surface area (TPSA) is 15.3 Å². The highest BCUT2D eigenvalue weighted by molar-refractivity contribution is 5.50. The Morgan fingerprint density at radius 1 is 1.22 bits per heavy atom. The Bertz CT molecular complexity index is 414.